The summed E-state index contributed by atoms with van der Waals surface area (Å²) in [7, 11) is 0. The van der Waals surface area contributed by atoms with Crippen LogP contribution >= 0.6 is 11.6 Å². The summed E-state index contributed by atoms with van der Waals surface area (Å²) in [6, 6.07) is 0. The number of aromatic nitrogens is 2. The van der Waals surface area contributed by atoms with Crippen molar-refractivity contribution in [3.05, 3.63) is 33.2 Å². The number of nitrogens with one attached hydrogen (secondary N) is 2. The molecule has 0 atom stereocenters. The van der Waals surface area contributed by atoms with Gasteiger partial charge in [0.05, 0.1) is 11.9 Å². The lowest BCUT2D eigenvalue weighted by Gasteiger charge is -2.16. The zero-order valence-corrected chi connectivity index (χ0v) is 12.7. The Bertz CT molecular complexity index is 551. The van der Waals surface area contributed by atoms with Gasteiger partial charge in [-0.15, -0.1) is 0 Å². The van der Waals surface area contributed by atoms with Crippen LogP contribution in [0.4, 0.5) is 5.69 Å². The molecule has 0 fully saturated rings. The third kappa shape index (κ3) is 3.84. The van der Waals surface area contributed by atoms with Crippen LogP contribution in [0.25, 0.3) is 0 Å². The van der Waals surface area contributed by atoms with E-state index in [1.54, 1.807) is 6.20 Å². The Morgan fingerprint density at radius 3 is 3.00 bits per heavy atom. The van der Waals surface area contributed by atoms with Gasteiger partial charge in [-0.2, -0.15) is 5.10 Å². The topological polar surface area (TPSA) is 59.0 Å². The zero-order valence-electron chi connectivity index (χ0n) is 11.9. The maximum Gasteiger partial charge on any atom is 0.287 e. The number of rotatable bonds is 5. The summed E-state index contributed by atoms with van der Waals surface area (Å²) >= 11 is 6.13. The van der Waals surface area contributed by atoms with Crippen molar-refractivity contribution in [1.82, 2.24) is 15.1 Å². The fourth-order valence-corrected chi connectivity index (χ4v) is 2.32. The first kappa shape index (κ1) is 15.1. The summed E-state index contributed by atoms with van der Waals surface area (Å²) in [4.78, 5) is 12.1. The fraction of sp³-hybridized carbons (Fsp3) is 0.571. The molecule has 0 bridgehead atoms. The summed E-state index contributed by atoms with van der Waals surface area (Å²) in [6.45, 7) is 7.26. The van der Waals surface area contributed by atoms with E-state index in [0.29, 0.717) is 24.7 Å². The second kappa shape index (κ2) is 6.90. The fourth-order valence-electron chi connectivity index (χ4n) is 2.10. The largest absolute Gasteiger partial charge is 0.379 e. The summed E-state index contributed by atoms with van der Waals surface area (Å²) in [5, 5.41) is 10.8. The van der Waals surface area contributed by atoms with Gasteiger partial charge < -0.3 is 10.6 Å². The number of halogens is 1. The Kier molecular flexibility index (Phi) is 5.20. The van der Waals surface area contributed by atoms with Crippen molar-refractivity contribution < 1.29 is 0 Å². The second-order valence-corrected chi connectivity index (χ2v) is 5.80. The van der Waals surface area contributed by atoms with Crippen molar-refractivity contribution in [2.24, 2.45) is 5.92 Å². The number of anilines is 1. The van der Waals surface area contributed by atoms with Crippen molar-refractivity contribution >= 4 is 17.3 Å². The Balaban J connectivity index is 2.07. The molecule has 0 aromatic carbocycles. The summed E-state index contributed by atoms with van der Waals surface area (Å²) in [5.74, 6) is 0.356. The standard InChI is InChI=1S/C14H21ClN4O/c1-10(2)9-19-14(20)13(15)12(8-18-19)17-7-11-3-5-16-6-4-11/h3,8,10,16-17H,4-7,9H2,1-2H3. The molecule has 1 aliphatic heterocycles. The highest BCUT2D eigenvalue weighted by molar-refractivity contribution is 6.32. The first-order valence-electron chi connectivity index (χ1n) is 6.96. The van der Waals surface area contributed by atoms with E-state index in [2.05, 4.69) is 21.8 Å². The van der Waals surface area contributed by atoms with E-state index >= 15 is 0 Å². The predicted octanol–water partition coefficient (Wildman–Crippen LogP) is 1.88. The lowest BCUT2D eigenvalue weighted by atomic mass is 10.1. The van der Waals surface area contributed by atoms with Gasteiger partial charge in [0.25, 0.3) is 5.56 Å². The molecule has 20 heavy (non-hydrogen) atoms. The van der Waals surface area contributed by atoms with Crippen LogP contribution in [0.2, 0.25) is 5.02 Å². The van der Waals surface area contributed by atoms with Crippen LogP contribution in [0, 0.1) is 5.92 Å². The molecule has 2 rings (SSSR count). The predicted molar refractivity (Wildman–Crippen MR) is 82.4 cm³/mol. The summed E-state index contributed by atoms with van der Waals surface area (Å²) in [6.07, 6.45) is 4.81. The SMILES string of the molecule is CC(C)Cn1ncc(NCC2=CCNCC2)c(Cl)c1=O. The first-order valence-corrected chi connectivity index (χ1v) is 7.34. The highest BCUT2D eigenvalue weighted by atomic mass is 35.5. The van der Waals surface area contributed by atoms with E-state index in [1.807, 2.05) is 13.8 Å². The summed E-state index contributed by atoms with van der Waals surface area (Å²) < 4.78 is 1.42. The van der Waals surface area contributed by atoms with Gasteiger partial charge in [0.2, 0.25) is 0 Å². The van der Waals surface area contributed by atoms with E-state index in [9.17, 15) is 4.79 Å². The van der Waals surface area contributed by atoms with Gasteiger partial charge in [-0.3, -0.25) is 4.79 Å². The number of hydrogen-bond donors (Lipinski definition) is 2. The molecule has 110 valence electrons. The third-order valence-corrected chi connectivity index (χ3v) is 3.55. The minimum Gasteiger partial charge on any atom is -0.379 e. The maximum absolute atomic E-state index is 12.1. The highest BCUT2D eigenvalue weighted by Crippen LogP contribution is 2.16. The van der Waals surface area contributed by atoms with Gasteiger partial charge in [0.1, 0.15) is 5.02 Å². The van der Waals surface area contributed by atoms with Crippen LogP contribution in [-0.2, 0) is 6.54 Å². The van der Waals surface area contributed by atoms with Gasteiger partial charge >= 0.3 is 0 Å². The van der Waals surface area contributed by atoms with Gasteiger partial charge in [-0.05, 0) is 18.9 Å². The van der Waals surface area contributed by atoms with Crippen molar-refractivity contribution in [2.75, 3.05) is 25.0 Å². The molecule has 0 saturated heterocycles. The van der Waals surface area contributed by atoms with Crippen molar-refractivity contribution in [3.63, 3.8) is 0 Å². The molecule has 0 saturated carbocycles. The van der Waals surface area contributed by atoms with Gasteiger partial charge in [0, 0.05) is 19.6 Å². The molecule has 1 aliphatic rings. The normalized spacial score (nSPS) is 15.3. The molecule has 2 heterocycles. The Hall–Kier alpha value is -1.33. The molecule has 0 unspecified atom stereocenters. The summed E-state index contributed by atoms with van der Waals surface area (Å²) in [5.41, 5.74) is 1.70. The minimum absolute atomic E-state index is 0.218. The smallest absolute Gasteiger partial charge is 0.287 e. The number of nitrogens with zero attached hydrogens (tertiary/aromatic N) is 2. The first-order chi connectivity index (χ1) is 9.58. The lowest BCUT2D eigenvalue weighted by Crippen LogP contribution is -2.27. The molecular formula is C14H21ClN4O. The Morgan fingerprint density at radius 1 is 1.55 bits per heavy atom. The second-order valence-electron chi connectivity index (χ2n) is 5.42. The molecule has 0 spiro atoms. The van der Waals surface area contributed by atoms with Crippen LogP contribution in [0.3, 0.4) is 0 Å². The van der Waals surface area contributed by atoms with Gasteiger partial charge in [0.15, 0.2) is 0 Å². The average molecular weight is 297 g/mol. The molecule has 0 amide bonds. The van der Waals surface area contributed by atoms with Gasteiger partial charge in [-0.1, -0.05) is 37.1 Å². The molecule has 0 aliphatic carbocycles. The molecular weight excluding hydrogens is 276 g/mol. The van der Waals surface area contributed by atoms with Crippen molar-refractivity contribution in [1.29, 1.82) is 0 Å². The van der Waals surface area contributed by atoms with Crippen LogP contribution in [0.15, 0.2) is 22.6 Å². The van der Waals surface area contributed by atoms with E-state index in [1.165, 1.54) is 10.3 Å². The van der Waals surface area contributed by atoms with E-state index in [4.69, 9.17) is 11.6 Å². The molecule has 5 nitrogen and oxygen atoms in total. The number of hydrogen-bond acceptors (Lipinski definition) is 4. The molecule has 1 aromatic rings. The van der Waals surface area contributed by atoms with Crippen LogP contribution in [0.1, 0.15) is 20.3 Å². The molecule has 2 N–H and O–H groups in total. The quantitative estimate of drug-likeness (QED) is 0.815. The monoisotopic (exact) mass is 296 g/mol. The Morgan fingerprint density at radius 2 is 2.35 bits per heavy atom. The zero-order chi connectivity index (χ0) is 14.5. The van der Waals surface area contributed by atoms with Crippen LogP contribution in [-0.4, -0.2) is 29.4 Å². The van der Waals surface area contributed by atoms with Gasteiger partial charge in [-0.25, -0.2) is 4.68 Å². The Labute approximate surface area is 124 Å². The maximum atomic E-state index is 12.1. The molecule has 0 radical (unpaired) electrons. The highest BCUT2D eigenvalue weighted by Gasteiger charge is 2.11. The van der Waals surface area contributed by atoms with E-state index < -0.39 is 0 Å². The average Bonchev–Trinajstić information content (AvgIpc) is 2.44. The van der Waals surface area contributed by atoms with Crippen molar-refractivity contribution in [2.45, 2.75) is 26.8 Å². The van der Waals surface area contributed by atoms with E-state index in [-0.39, 0.29) is 10.6 Å². The lowest BCUT2D eigenvalue weighted by molar-refractivity contribution is 0.464. The molecule has 6 heteroatoms. The van der Waals surface area contributed by atoms with Crippen LogP contribution in [0.5, 0.6) is 0 Å². The van der Waals surface area contributed by atoms with Crippen molar-refractivity contribution in [3.8, 4) is 0 Å². The van der Waals surface area contributed by atoms with E-state index in [0.717, 1.165) is 19.5 Å². The van der Waals surface area contributed by atoms with Crippen LogP contribution < -0.4 is 16.2 Å². The third-order valence-electron chi connectivity index (χ3n) is 3.19. The minimum atomic E-state index is -0.232. The molecule has 1 aromatic heterocycles.